The Hall–Kier alpha value is -0.580. The summed E-state index contributed by atoms with van der Waals surface area (Å²) in [6.07, 6.45) is 0. The van der Waals surface area contributed by atoms with Crippen molar-refractivity contribution in [1.29, 1.82) is 0 Å². The number of thiophene rings is 1. The molecule has 0 radical (unpaired) electrons. The monoisotopic (exact) mass is 320 g/mol. The molecule has 19 heavy (non-hydrogen) atoms. The zero-order valence-electron chi connectivity index (χ0n) is 10.5. The molecule has 1 aliphatic rings. The molecule has 1 aromatic rings. The van der Waals surface area contributed by atoms with E-state index in [0.29, 0.717) is 18.0 Å². The lowest BCUT2D eigenvalue weighted by Gasteiger charge is -2.31. The highest BCUT2D eigenvalue weighted by Gasteiger charge is 2.23. The minimum atomic E-state index is -3.53. The largest absolute Gasteiger partial charge is 0.389 e. The number of hydrogen-bond donors (Lipinski definition) is 2. The number of likely N-dealkylation sites (N-methyl/N-ethyl adjacent to an activating group) is 1. The predicted molar refractivity (Wildman–Crippen MR) is 79.6 cm³/mol. The van der Waals surface area contributed by atoms with Crippen LogP contribution >= 0.6 is 23.6 Å². The van der Waals surface area contributed by atoms with E-state index in [1.165, 1.54) is 6.07 Å². The van der Waals surface area contributed by atoms with Crippen LogP contribution in [0.5, 0.6) is 0 Å². The molecule has 0 aromatic carbocycles. The van der Waals surface area contributed by atoms with Gasteiger partial charge in [0.05, 0.1) is 4.88 Å². The molecule has 2 rings (SSSR count). The van der Waals surface area contributed by atoms with Crippen molar-refractivity contribution in [3.63, 3.8) is 0 Å². The molecule has 0 aliphatic carbocycles. The second kappa shape index (κ2) is 5.81. The maximum absolute atomic E-state index is 12.2. The summed E-state index contributed by atoms with van der Waals surface area (Å²) in [7, 11) is -1.52. The first kappa shape index (κ1) is 14.8. The fourth-order valence-corrected chi connectivity index (χ4v) is 4.17. The van der Waals surface area contributed by atoms with Gasteiger partial charge in [-0.3, -0.25) is 0 Å². The number of nitrogens with two attached hydrogens (primary N) is 1. The number of hydrogen-bond acceptors (Lipinski definition) is 6. The molecule has 6 nitrogen and oxygen atoms in total. The molecule has 0 bridgehead atoms. The zero-order valence-corrected chi connectivity index (χ0v) is 12.9. The Morgan fingerprint density at radius 1 is 1.37 bits per heavy atom. The Bertz CT molecular complexity index is 561. The first-order chi connectivity index (χ1) is 8.88. The molecule has 0 saturated carbocycles. The normalized spacial score (nSPS) is 18.6. The van der Waals surface area contributed by atoms with Gasteiger partial charge >= 0.3 is 0 Å². The fraction of sp³-hybridized carbons (Fsp3) is 0.500. The number of thiocarbonyl (C=S) groups is 1. The van der Waals surface area contributed by atoms with Crippen LogP contribution in [0.4, 0.5) is 0 Å². The van der Waals surface area contributed by atoms with Gasteiger partial charge in [-0.15, -0.1) is 16.2 Å². The molecule has 1 fully saturated rings. The third kappa shape index (κ3) is 3.71. The minimum absolute atomic E-state index is 0.214. The lowest BCUT2D eigenvalue weighted by atomic mass is 10.4. The van der Waals surface area contributed by atoms with Crippen LogP contribution in [0.2, 0.25) is 0 Å². The number of piperazine rings is 1. The molecule has 0 amide bonds. The van der Waals surface area contributed by atoms with E-state index in [0.717, 1.165) is 24.4 Å². The summed E-state index contributed by atoms with van der Waals surface area (Å²) in [5, 5.41) is 1.72. The van der Waals surface area contributed by atoms with Crippen LogP contribution in [0.1, 0.15) is 4.88 Å². The van der Waals surface area contributed by atoms with Gasteiger partial charge in [-0.25, -0.2) is 13.4 Å². The number of nitrogens with one attached hydrogen (secondary N) is 1. The highest BCUT2D eigenvalue weighted by molar-refractivity contribution is 7.91. The van der Waals surface area contributed by atoms with Gasteiger partial charge in [-0.05, 0) is 19.2 Å². The van der Waals surface area contributed by atoms with Crippen molar-refractivity contribution in [2.75, 3.05) is 33.2 Å². The van der Waals surface area contributed by atoms with E-state index in [1.54, 1.807) is 11.1 Å². The molecule has 2 heterocycles. The van der Waals surface area contributed by atoms with Gasteiger partial charge in [0, 0.05) is 26.2 Å². The Kier molecular flexibility index (Phi) is 4.54. The van der Waals surface area contributed by atoms with Gasteiger partial charge in [0.2, 0.25) is 0 Å². The Morgan fingerprint density at radius 2 is 2.00 bits per heavy atom. The standard InChI is InChI=1S/C10H16N4O2S3/c1-13-4-6-14(7-5-13)12-19(15,16)9-3-2-8(18-9)10(11)17/h2-3,12H,4-7H2,1H3,(H2,11,17). The molecule has 9 heteroatoms. The van der Waals surface area contributed by atoms with E-state index in [4.69, 9.17) is 18.0 Å². The van der Waals surface area contributed by atoms with E-state index >= 15 is 0 Å². The van der Waals surface area contributed by atoms with E-state index < -0.39 is 10.0 Å². The zero-order chi connectivity index (χ0) is 14.0. The highest BCUT2D eigenvalue weighted by Crippen LogP contribution is 2.21. The summed E-state index contributed by atoms with van der Waals surface area (Å²) < 4.78 is 24.6. The van der Waals surface area contributed by atoms with Crippen LogP contribution in [0.25, 0.3) is 0 Å². The van der Waals surface area contributed by atoms with Crippen LogP contribution in [0, 0.1) is 0 Å². The van der Waals surface area contributed by atoms with Crippen molar-refractivity contribution in [3.8, 4) is 0 Å². The number of nitrogens with zero attached hydrogens (tertiary/aromatic N) is 2. The maximum Gasteiger partial charge on any atom is 0.262 e. The van der Waals surface area contributed by atoms with Crippen molar-refractivity contribution >= 4 is 38.6 Å². The Labute approximate surface area is 122 Å². The molecule has 1 aliphatic heterocycles. The molecule has 106 valence electrons. The first-order valence-electron chi connectivity index (χ1n) is 5.74. The van der Waals surface area contributed by atoms with E-state index in [2.05, 4.69) is 9.73 Å². The lowest BCUT2D eigenvalue weighted by Crippen LogP contribution is -2.52. The first-order valence-corrected chi connectivity index (χ1v) is 8.45. The molecule has 3 N–H and O–H groups in total. The van der Waals surface area contributed by atoms with Gasteiger partial charge in [-0.2, -0.15) is 0 Å². The van der Waals surface area contributed by atoms with Gasteiger partial charge in [-0.1, -0.05) is 12.2 Å². The Morgan fingerprint density at radius 3 is 2.53 bits per heavy atom. The summed E-state index contributed by atoms with van der Waals surface area (Å²) in [6.45, 7) is 3.02. The van der Waals surface area contributed by atoms with Crippen LogP contribution in [-0.2, 0) is 10.0 Å². The van der Waals surface area contributed by atoms with Crippen molar-refractivity contribution in [2.24, 2.45) is 5.73 Å². The topological polar surface area (TPSA) is 78.7 Å². The highest BCUT2D eigenvalue weighted by atomic mass is 32.2. The van der Waals surface area contributed by atoms with Crippen molar-refractivity contribution in [1.82, 2.24) is 14.7 Å². The van der Waals surface area contributed by atoms with Gasteiger partial charge in [0.25, 0.3) is 10.0 Å². The average Bonchev–Trinajstić information content (AvgIpc) is 2.82. The smallest absolute Gasteiger partial charge is 0.262 e. The molecule has 1 aromatic heterocycles. The molecular weight excluding hydrogens is 304 g/mol. The van der Waals surface area contributed by atoms with E-state index in [9.17, 15) is 8.42 Å². The molecular formula is C10H16N4O2S3. The summed E-state index contributed by atoms with van der Waals surface area (Å²) in [5.74, 6) is 0. The second-order valence-corrected chi connectivity index (χ2v) is 7.78. The SMILES string of the molecule is CN1CCN(NS(=O)(=O)c2ccc(C(N)=S)s2)CC1. The van der Waals surface area contributed by atoms with Gasteiger partial charge < -0.3 is 10.6 Å². The summed E-state index contributed by atoms with van der Waals surface area (Å²) in [4.78, 5) is 5.56. The summed E-state index contributed by atoms with van der Waals surface area (Å²) in [6, 6.07) is 3.16. The number of hydrazine groups is 1. The van der Waals surface area contributed by atoms with Crippen molar-refractivity contribution < 1.29 is 8.42 Å². The Balaban J connectivity index is 2.07. The van der Waals surface area contributed by atoms with Crippen LogP contribution in [-0.4, -0.2) is 56.5 Å². The van der Waals surface area contributed by atoms with Gasteiger partial charge in [0.1, 0.15) is 9.20 Å². The molecule has 0 spiro atoms. The second-order valence-electron chi connectivity index (χ2n) is 4.37. The molecule has 1 saturated heterocycles. The molecule has 0 unspecified atom stereocenters. The quantitative estimate of drug-likeness (QED) is 0.750. The number of sulfonamides is 1. The van der Waals surface area contributed by atoms with Crippen LogP contribution in [0.3, 0.4) is 0 Å². The fourth-order valence-electron chi connectivity index (χ4n) is 1.71. The van der Waals surface area contributed by atoms with Crippen molar-refractivity contribution in [2.45, 2.75) is 4.21 Å². The third-order valence-corrected chi connectivity index (χ3v) is 6.18. The number of rotatable bonds is 4. The predicted octanol–water partition coefficient (Wildman–Crippen LogP) is -0.177. The minimum Gasteiger partial charge on any atom is -0.389 e. The van der Waals surface area contributed by atoms with Crippen molar-refractivity contribution in [3.05, 3.63) is 17.0 Å². The van der Waals surface area contributed by atoms with Crippen LogP contribution in [0.15, 0.2) is 16.3 Å². The summed E-state index contributed by atoms with van der Waals surface area (Å²) in [5.41, 5.74) is 5.48. The maximum atomic E-state index is 12.2. The third-order valence-electron chi connectivity index (χ3n) is 2.84. The van der Waals surface area contributed by atoms with Crippen LogP contribution < -0.4 is 10.6 Å². The lowest BCUT2D eigenvalue weighted by molar-refractivity contribution is 0.135. The molecule has 0 atom stereocenters. The van der Waals surface area contributed by atoms with E-state index in [1.807, 2.05) is 7.05 Å². The van der Waals surface area contributed by atoms with Gasteiger partial charge in [0.15, 0.2) is 0 Å². The average molecular weight is 320 g/mol. The van der Waals surface area contributed by atoms with E-state index in [-0.39, 0.29) is 9.20 Å². The summed E-state index contributed by atoms with van der Waals surface area (Å²) >= 11 is 5.91.